The van der Waals surface area contributed by atoms with E-state index in [-0.39, 0.29) is 29.9 Å². The van der Waals surface area contributed by atoms with Crippen LogP contribution in [0.2, 0.25) is 0 Å². The Morgan fingerprint density at radius 1 is 1.36 bits per heavy atom. The molecule has 8 heteroatoms. The lowest BCUT2D eigenvalue weighted by Crippen LogP contribution is -2.59. The number of likely N-dealkylation sites (tertiary alicyclic amines) is 1. The molecule has 6 nitrogen and oxygen atoms in total. The first-order valence-electron chi connectivity index (χ1n) is 8.49. The van der Waals surface area contributed by atoms with Gasteiger partial charge in [-0.25, -0.2) is 14.2 Å². The number of carbonyl (C=O) groups excluding carboxylic acids is 1. The summed E-state index contributed by atoms with van der Waals surface area (Å²) in [6.45, 7) is 7.30. The summed E-state index contributed by atoms with van der Waals surface area (Å²) in [4.78, 5) is 18.0. The summed E-state index contributed by atoms with van der Waals surface area (Å²) in [6, 6.07) is 0. The maximum absolute atomic E-state index is 14.2. The topological polar surface area (TPSA) is 60.4 Å². The van der Waals surface area contributed by atoms with Crippen LogP contribution in [0.5, 0.6) is 0 Å². The highest BCUT2D eigenvalue weighted by Crippen LogP contribution is 2.32. The highest BCUT2D eigenvalue weighted by atomic mass is 35.5. The number of amides is 1. The summed E-state index contributed by atoms with van der Waals surface area (Å²) in [7, 11) is 0. The number of allylic oxidation sites excluding steroid dienone is 1. The van der Waals surface area contributed by atoms with E-state index in [9.17, 15) is 9.18 Å². The molecule has 4 atom stereocenters. The zero-order valence-electron chi connectivity index (χ0n) is 14.7. The molecule has 2 fully saturated rings. The lowest BCUT2D eigenvalue weighted by Gasteiger charge is -2.46. The highest BCUT2D eigenvalue weighted by molar-refractivity contribution is 6.24. The highest BCUT2D eigenvalue weighted by Gasteiger charge is 2.45. The third-order valence-corrected chi connectivity index (χ3v) is 4.77. The molecule has 0 aromatic rings. The third-order valence-electron chi connectivity index (χ3n) is 4.40. The number of ether oxygens (including phenoxy) is 3. The molecule has 1 amide bonds. The zero-order chi connectivity index (χ0) is 18.2. The van der Waals surface area contributed by atoms with Gasteiger partial charge in [0.1, 0.15) is 11.7 Å². The minimum Gasteiger partial charge on any atom is -0.474 e. The Labute approximate surface area is 151 Å². The number of rotatable bonds is 1. The third kappa shape index (κ3) is 4.26. The lowest BCUT2D eigenvalue weighted by atomic mass is 9.84. The van der Waals surface area contributed by atoms with Gasteiger partial charge in [-0.3, -0.25) is 0 Å². The van der Waals surface area contributed by atoms with Crippen LogP contribution in [-0.4, -0.2) is 66.4 Å². The molecule has 3 aliphatic heterocycles. The van der Waals surface area contributed by atoms with Crippen molar-refractivity contribution in [3.63, 3.8) is 0 Å². The first-order chi connectivity index (χ1) is 11.7. The molecule has 2 saturated heterocycles. The van der Waals surface area contributed by atoms with Gasteiger partial charge in [-0.1, -0.05) is 0 Å². The standard InChI is InChI=1S/C17H24ClFN2O4/c1-17(2,3)25-16(22)21-6-10-8-23-9-11(7-21)14(10)24-15-13(19)12(18)4-5-20-15/h4-5,10-14H,6-9H2,1-3H3. The number of carbonyl (C=O) groups is 1. The van der Waals surface area contributed by atoms with Crippen molar-refractivity contribution in [2.24, 2.45) is 16.8 Å². The fourth-order valence-electron chi connectivity index (χ4n) is 3.31. The predicted molar refractivity (Wildman–Crippen MR) is 91.6 cm³/mol. The number of piperidine rings is 1. The molecule has 140 valence electrons. The Balaban J connectivity index is 1.67. The number of alkyl halides is 2. The average molecular weight is 375 g/mol. The molecule has 0 aromatic carbocycles. The zero-order valence-corrected chi connectivity index (χ0v) is 15.4. The van der Waals surface area contributed by atoms with Gasteiger partial charge in [0.15, 0.2) is 6.17 Å². The molecule has 4 unspecified atom stereocenters. The second kappa shape index (κ2) is 7.11. The van der Waals surface area contributed by atoms with Crippen LogP contribution in [-0.2, 0) is 14.2 Å². The average Bonchev–Trinajstić information content (AvgIpc) is 2.49. The van der Waals surface area contributed by atoms with Gasteiger partial charge in [0.25, 0.3) is 0 Å². The number of nitrogens with zero attached hydrogens (tertiary/aromatic N) is 2. The van der Waals surface area contributed by atoms with Crippen LogP contribution in [0.1, 0.15) is 20.8 Å². The van der Waals surface area contributed by atoms with E-state index in [0.29, 0.717) is 26.3 Å². The van der Waals surface area contributed by atoms with Crippen molar-refractivity contribution >= 4 is 23.6 Å². The van der Waals surface area contributed by atoms with Crippen molar-refractivity contribution in [1.82, 2.24) is 4.90 Å². The summed E-state index contributed by atoms with van der Waals surface area (Å²) in [5.41, 5.74) is -0.546. The Morgan fingerprint density at radius 3 is 2.60 bits per heavy atom. The molecular weight excluding hydrogens is 351 g/mol. The quantitative estimate of drug-likeness (QED) is 0.662. The van der Waals surface area contributed by atoms with Crippen LogP contribution >= 0.6 is 11.6 Å². The monoisotopic (exact) mass is 374 g/mol. The summed E-state index contributed by atoms with van der Waals surface area (Å²) >= 11 is 5.91. The van der Waals surface area contributed by atoms with Gasteiger partial charge in [0.2, 0.25) is 5.90 Å². The minimum atomic E-state index is -1.46. The fourth-order valence-corrected chi connectivity index (χ4v) is 3.48. The predicted octanol–water partition coefficient (Wildman–Crippen LogP) is 2.76. The van der Waals surface area contributed by atoms with Crippen LogP contribution in [0, 0.1) is 11.8 Å². The van der Waals surface area contributed by atoms with Crippen molar-refractivity contribution < 1.29 is 23.4 Å². The van der Waals surface area contributed by atoms with Crippen molar-refractivity contribution in [3.8, 4) is 0 Å². The molecule has 0 aliphatic carbocycles. The van der Waals surface area contributed by atoms with E-state index in [1.54, 1.807) is 4.90 Å². The first kappa shape index (κ1) is 18.5. The van der Waals surface area contributed by atoms with Crippen LogP contribution < -0.4 is 0 Å². The Kier molecular flexibility index (Phi) is 5.25. The molecule has 3 aliphatic rings. The van der Waals surface area contributed by atoms with E-state index < -0.39 is 17.1 Å². The number of aliphatic imine (C=N–C) groups is 1. The van der Waals surface area contributed by atoms with E-state index >= 15 is 0 Å². The van der Waals surface area contributed by atoms with E-state index in [4.69, 9.17) is 25.8 Å². The molecule has 3 rings (SSSR count). The van der Waals surface area contributed by atoms with E-state index in [1.165, 1.54) is 12.3 Å². The Bertz CT molecular complexity index is 563. The summed E-state index contributed by atoms with van der Waals surface area (Å²) in [6.07, 6.45) is 0.904. The molecule has 0 spiro atoms. The van der Waals surface area contributed by atoms with Gasteiger partial charge >= 0.3 is 6.09 Å². The Hall–Kier alpha value is -1.34. The van der Waals surface area contributed by atoms with Crippen molar-refractivity contribution in [2.75, 3.05) is 26.3 Å². The van der Waals surface area contributed by atoms with Gasteiger partial charge < -0.3 is 19.1 Å². The molecule has 25 heavy (non-hydrogen) atoms. The number of hydrogen-bond acceptors (Lipinski definition) is 5. The van der Waals surface area contributed by atoms with Gasteiger partial charge in [-0.15, -0.1) is 11.6 Å². The van der Waals surface area contributed by atoms with Crippen LogP contribution in [0.3, 0.4) is 0 Å². The smallest absolute Gasteiger partial charge is 0.410 e. The second-order valence-corrected chi connectivity index (χ2v) is 8.18. The molecule has 0 saturated carbocycles. The lowest BCUT2D eigenvalue weighted by molar-refractivity contribution is -0.118. The van der Waals surface area contributed by atoms with Crippen LogP contribution in [0.25, 0.3) is 0 Å². The van der Waals surface area contributed by atoms with Crippen LogP contribution in [0.4, 0.5) is 9.18 Å². The largest absolute Gasteiger partial charge is 0.474 e. The molecule has 0 N–H and O–H groups in total. The fraction of sp³-hybridized carbons (Fsp3) is 0.765. The summed E-state index contributed by atoms with van der Waals surface area (Å²) in [5, 5.41) is -0.773. The molecule has 0 radical (unpaired) electrons. The minimum absolute atomic E-state index is 0.00937. The van der Waals surface area contributed by atoms with Crippen molar-refractivity contribution in [3.05, 3.63) is 12.3 Å². The first-order valence-corrected chi connectivity index (χ1v) is 8.93. The van der Waals surface area contributed by atoms with Crippen LogP contribution in [0.15, 0.2) is 17.3 Å². The van der Waals surface area contributed by atoms with Gasteiger partial charge in [-0.05, 0) is 26.8 Å². The molecular formula is C17H24ClFN2O4. The SMILES string of the molecule is CC(C)(C)OC(=O)N1CC2COCC(C1)C2OC1=NC=CC(Cl)C1F. The number of halogens is 2. The normalized spacial score (nSPS) is 35.2. The number of fused-ring (bicyclic) bond motifs is 2. The van der Waals surface area contributed by atoms with Crippen molar-refractivity contribution in [1.29, 1.82) is 0 Å². The second-order valence-electron chi connectivity index (χ2n) is 7.68. The van der Waals surface area contributed by atoms with Gasteiger partial charge in [0.05, 0.1) is 18.6 Å². The number of hydrogen-bond donors (Lipinski definition) is 0. The maximum atomic E-state index is 14.2. The van der Waals surface area contributed by atoms with Gasteiger partial charge in [0, 0.05) is 31.1 Å². The molecule has 3 heterocycles. The maximum Gasteiger partial charge on any atom is 0.410 e. The van der Waals surface area contributed by atoms with E-state index in [2.05, 4.69) is 4.99 Å². The molecule has 2 bridgehead atoms. The van der Waals surface area contributed by atoms with Crippen molar-refractivity contribution in [2.45, 2.75) is 44.0 Å². The van der Waals surface area contributed by atoms with Gasteiger partial charge in [-0.2, -0.15) is 0 Å². The Morgan fingerprint density at radius 2 is 2.00 bits per heavy atom. The van der Waals surface area contributed by atoms with E-state index in [1.807, 2.05) is 20.8 Å². The summed E-state index contributed by atoms with van der Waals surface area (Å²) < 4.78 is 31.2. The molecule has 0 aromatic heterocycles. The van der Waals surface area contributed by atoms with E-state index in [0.717, 1.165) is 0 Å². The summed E-state index contributed by atoms with van der Waals surface area (Å²) in [5.74, 6) is -0.112.